The number of aryl methyl sites for hydroxylation is 2. The molecular weight excluding hydrogens is 372 g/mol. The van der Waals surface area contributed by atoms with Crippen LogP contribution in [0.25, 0.3) is 10.9 Å². The van der Waals surface area contributed by atoms with Crippen molar-refractivity contribution in [3.63, 3.8) is 0 Å². The Labute approximate surface area is 176 Å². The summed E-state index contributed by atoms with van der Waals surface area (Å²) >= 11 is 0. The van der Waals surface area contributed by atoms with Crippen LogP contribution >= 0.6 is 0 Å². The number of rotatable bonds is 4. The number of nitrogens with zero attached hydrogens (tertiary/aromatic N) is 4. The maximum absolute atomic E-state index is 13.4. The molecule has 0 N–H and O–H groups in total. The number of hydrogen-bond acceptors (Lipinski definition) is 3. The van der Waals surface area contributed by atoms with Crippen LogP contribution in [0.1, 0.15) is 48.4 Å². The summed E-state index contributed by atoms with van der Waals surface area (Å²) < 4.78 is 2.13. The number of hydrogen-bond donors (Lipinski definition) is 0. The van der Waals surface area contributed by atoms with Crippen LogP contribution in [0.4, 0.5) is 0 Å². The monoisotopic (exact) mass is 398 g/mol. The van der Waals surface area contributed by atoms with Gasteiger partial charge in [-0.25, -0.2) is 5.01 Å². The van der Waals surface area contributed by atoms with E-state index in [4.69, 9.17) is 0 Å². The second-order valence-corrected chi connectivity index (χ2v) is 9.79. The highest BCUT2D eigenvalue weighted by Crippen LogP contribution is 2.74. The van der Waals surface area contributed by atoms with Crippen molar-refractivity contribution >= 4 is 23.0 Å². The summed E-state index contributed by atoms with van der Waals surface area (Å²) in [5, 5.41) is 12.1. The number of carbonyl (C=O) groups excluding carboxylic acids is 1. The largest absolute Gasteiger partial charge is 0.272 e. The van der Waals surface area contributed by atoms with Crippen LogP contribution in [0.3, 0.4) is 0 Å². The summed E-state index contributed by atoms with van der Waals surface area (Å²) in [6.45, 7) is 5.10. The van der Waals surface area contributed by atoms with E-state index in [0.29, 0.717) is 0 Å². The molecule has 0 radical (unpaired) electrons. The van der Waals surface area contributed by atoms with E-state index >= 15 is 0 Å². The Hall–Kier alpha value is -2.95. The van der Waals surface area contributed by atoms with Crippen molar-refractivity contribution in [3.8, 4) is 0 Å². The Bertz CT molecular complexity index is 1170. The highest BCUT2D eigenvalue weighted by molar-refractivity contribution is 5.88. The quantitative estimate of drug-likeness (QED) is 0.635. The number of fused-ring (bicyclic) bond motifs is 1. The zero-order chi connectivity index (χ0) is 20.5. The highest BCUT2D eigenvalue weighted by Gasteiger charge is 2.72. The normalized spacial score (nSPS) is 29.1. The molecule has 1 aromatic heterocycles. The first kappa shape index (κ1) is 17.9. The van der Waals surface area contributed by atoms with E-state index in [1.54, 1.807) is 5.01 Å². The molecule has 3 saturated carbocycles. The van der Waals surface area contributed by atoms with Gasteiger partial charge >= 0.3 is 0 Å². The second-order valence-electron chi connectivity index (χ2n) is 9.79. The fraction of sp³-hybridized carbons (Fsp3) is 0.400. The molecule has 2 heterocycles. The molecule has 1 unspecified atom stereocenters. The van der Waals surface area contributed by atoms with Gasteiger partial charge in [-0.1, -0.05) is 41.5 Å². The number of hydrazone groups is 1. The van der Waals surface area contributed by atoms with Gasteiger partial charge in [0.05, 0.1) is 23.2 Å². The summed E-state index contributed by atoms with van der Waals surface area (Å²) in [5.41, 5.74) is 4.87. The Kier molecular flexibility index (Phi) is 3.59. The van der Waals surface area contributed by atoms with Crippen molar-refractivity contribution in [1.82, 2.24) is 14.8 Å². The standard InChI is InChI=1S/C25H26N4O/c1-17-3-6-19(7-4-17)22-9-10-26-29(22)23(30)25-13-24(14-25,15-25)16-28-21-8-5-18(2)11-20(21)12-27-28/h3-8,10-12,22H,9,13-16H2,1-2H3. The lowest BCUT2D eigenvalue weighted by molar-refractivity contribution is -0.223. The van der Waals surface area contributed by atoms with Gasteiger partial charge in [0, 0.05) is 24.6 Å². The lowest BCUT2D eigenvalue weighted by Crippen LogP contribution is -2.68. The molecule has 1 atom stereocenters. The smallest absolute Gasteiger partial charge is 0.249 e. The van der Waals surface area contributed by atoms with Crippen LogP contribution in [0.15, 0.2) is 53.8 Å². The molecule has 0 spiro atoms. The average Bonchev–Trinajstić information content (AvgIpc) is 3.30. The van der Waals surface area contributed by atoms with Gasteiger partial charge in [-0.3, -0.25) is 9.48 Å². The molecule has 3 aromatic rings. The zero-order valence-electron chi connectivity index (χ0n) is 17.5. The third kappa shape index (κ3) is 2.51. The third-order valence-corrected chi connectivity index (χ3v) is 7.38. The Morgan fingerprint density at radius 2 is 1.80 bits per heavy atom. The lowest BCUT2D eigenvalue weighted by Gasteiger charge is -2.69. The Morgan fingerprint density at radius 1 is 1.07 bits per heavy atom. The second kappa shape index (κ2) is 6.03. The van der Waals surface area contributed by atoms with Crippen molar-refractivity contribution in [2.75, 3.05) is 0 Å². The number of amides is 1. The first-order chi connectivity index (χ1) is 14.5. The molecule has 4 aliphatic rings. The van der Waals surface area contributed by atoms with Crippen LogP contribution in [0.5, 0.6) is 0 Å². The minimum atomic E-state index is -0.204. The fourth-order valence-electron chi connectivity index (χ4n) is 5.96. The summed E-state index contributed by atoms with van der Waals surface area (Å²) in [4.78, 5) is 13.4. The molecule has 152 valence electrons. The van der Waals surface area contributed by atoms with Crippen molar-refractivity contribution in [1.29, 1.82) is 0 Å². The predicted octanol–water partition coefficient (Wildman–Crippen LogP) is 4.78. The number of carbonyl (C=O) groups is 1. The zero-order valence-corrected chi connectivity index (χ0v) is 17.5. The van der Waals surface area contributed by atoms with E-state index in [-0.39, 0.29) is 22.8 Å². The minimum Gasteiger partial charge on any atom is -0.272 e. The molecule has 30 heavy (non-hydrogen) atoms. The molecule has 0 saturated heterocycles. The van der Waals surface area contributed by atoms with Gasteiger partial charge in [-0.15, -0.1) is 0 Å². The van der Waals surface area contributed by atoms with Crippen LogP contribution in [-0.2, 0) is 11.3 Å². The van der Waals surface area contributed by atoms with Crippen molar-refractivity contribution in [2.24, 2.45) is 15.9 Å². The summed E-state index contributed by atoms with van der Waals surface area (Å²) in [5.74, 6) is 0.213. The molecular formula is C25H26N4O. The van der Waals surface area contributed by atoms with E-state index < -0.39 is 0 Å². The molecule has 2 aromatic carbocycles. The van der Waals surface area contributed by atoms with E-state index in [1.165, 1.54) is 27.6 Å². The van der Waals surface area contributed by atoms with Crippen molar-refractivity contribution < 1.29 is 4.79 Å². The van der Waals surface area contributed by atoms with Gasteiger partial charge in [0.1, 0.15) is 0 Å². The molecule has 5 heteroatoms. The third-order valence-electron chi connectivity index (χ3n) is 7.38. The van der Waals surface area contributed by atoms with Crippen molar-refractivity contribution in [3.05, 3.63) is 65.4 Å². The molecule has 3 fully saturated rings. The van der Waals surface area contributed by atoms with Crippen LogP contribution < -0.4 is 0 Å². The SMILES string of the molecule is Cc1ccc(C2CC=NN2C(=O)C23CC(Cn4ncc5cc(C)ccc54)(C2)C3)cc1. The number of aromatic nitrogens is 2. The number of benzene rings is 2. The lowest BCUT2D eigenvalue weighted by atomic mass is 9.34. The summed E-state index contributed by atoms with van der Waals surface area (Å²) in [6, 6.07) is 15.0. The van der Waals surface area contributed by atoms with Crippen LogP contribution in [0, 0.1) is 24.7 Å². The van der Waals surface area contributed by atoms with Gasteiger partial charge in [0.25, 0.3) is 0 Å². The maximum atomic E-state index is 13.4. The van der Waals surface area contributed by atoms with Crippen molar-refractivity contribution in [2.45, 2.75) is 52.1 Å². The van der Waals surface area contributed by atoms with E-state index in [0.717, 1.165) is 32.2 Å². The fourth-order valence-corrected chi connectivity index (χ4v) is 5.96. The Morgan fingerprint density at radius 3 is 2.57 bits per heavy atom. The summed E-state index contributed by atoms with van der Waals surface area (Å²) in [6.07, 6.45) is 7.52. The first-order valence-electron chi connectivity index (χ1n) is 10.8. The van der Waals surface area contributed by atoms with E-state index in [2.05, 4.69) is 71.2 Å². The van der Waals surface area contributed by atoms with Crippen LogP contribution in [0.2, 0.25) is 0 Å². The van der Waals surface area contributed by atoms with Gasteiger partial charge in [-0.2, -0.15) is 10.2 Å². The molecule has 1 aliphatic heterocycles. The predicted molar refractivity (Wildman–Crippen MR) is 117 cm³/mol. The minimum absolute atomic E-state index is 0.0429. The molecule has 2 bridgehead atoms. The van der Waals surface area contributed by atoms with E-state index in [9.17, 15) is 4.79 Å². The van der Waals surface area contributed by atoms with Gasteiger partial charge < -0.3 is 0 Å². The van der Waals surface area contributed by atoms with Gasteiger partial charge in [0.2, 0.25) is 5.91 Å². The Balaban J connectivity index is 1.17. The highest BCUT2D eigenvalue weighted by atomic mass is 16.2. The topological polar surface area (TPSA) is 50.5 Å². The molecule has 7 rings (SSSR count). The average molecular weight is 399 g/mol. The van der Waals surface area contributed by atoms with Gasteiger partial charge in [0.15, 0.2) is 0 Å². The van der Waals surface area contributed by atoms with Gasteiger partial charge in [-0.05, 0) is 56.2 Å². The van der Waals surface area contributed by atoms with Crippen LogP contribution in [-0.4, -0.2) is 26.9 Å². The first-order valence-corrected chi connectivity index (χ1v) is 10.8. The van der Waals surface area contributed by atoms with E-state index in [1.807, 2.05) is 12.4 Å². The molecule has 1 amide bonds. The summed E-state index contributed by atoms with van der Waals surface area (Å²) in [7, 11) is 0. The molecule has 3 aliphatic carbocycles. The molecule has 5 nitrogen and oxygen atoms in total. The maximum Gasteiger partial charge on any atom is 0.249 e.